The van der Waals surface area contributed by atoms with Gasteiger partial charge in [-0.2, -0.15) is 5.26 Å². The Hall–Kier alpha value is -2.82. The molecule has 2 aromatic rings. The maximum atomic E-state index is 9.50. The number of hydrogen-bond donors (Lipinski definition) is 0. The number of benzene rings is 1. The number of ether oxygens (including phenoxy) is 1. The third kappa shape index (κ3) is 3.75. The summed E-state index contributed by atoms with van der Waals surface area (Å²) in [5.74, 6) is 7.18. The van der Waals surface area contributed by atoms with Crippen LogP contribution in [0.1, 0.15) is 56.4 Å². The highest BCUT2D eigenvalue weighted by atomic mass is 32.1. The molecule has 3 nitrogen and oxygen atoms in total. The molecular weight excluding hydrogens is 364 g/mol. The molecule has 0 radical (unpaired) electrons. The normalized spacial score (nSPS) is 20.3. The Kier molecular flexibility index (Phi) is 5.33. The fourth-order valence-electron chi connectivity index (χ4n) is 3.73. The lowest BCUT2D eigenvalue weighted by atomic mass is 9.97. The van der Waals surface area contributed by atoms with Gasteiger partial charge in [-0.3, -0.25) is 0 Å². The summed E-state index contributed by atoms with van der Waals surface area (Å²) in [7, 11) is 0. The van der Waals surface area contributed by atoms with Crippen molar-refractivity contribution in [1.29, 1.82) is 5.26 Å². The molecule has 1 fully saturated rings. The summed E-state index contributed by atoms with van der Waals surface area (Å²) in [5, 5.41) is 10.4. The lowest BCUT2D eigenvalue weighted by molar-refractivity contribution is 0.242. The summed E-state index contributed by atoms with van der Waals surface area (Å²) in [6.07, 6.45) is 9.46. The molecule has 1 aromatic carbocycles. The third-order valence-corrected chi connectivity index (χ3v) is 6.08. The summed E-state index contributed by atoms with van der Waals surface area (Å²) >= 11 is 1.68. The van der Waals surface area contributed by atoms with Gasteiger partial charge in [0.05, 0.1) is 16.5 Å². The first-order valence-electron chi connectivity index (χ1n) is 9.70. The van der Waals surface area contributed by atoms with Crippen LogP contribution in [0, 0.1) is 23.2 Å². The summed E-state index contributed by atoms with van der Waals surface area (Å²) in [6, 6.07) is 7.97. The molecule has 2 aliphatic rings. The van der Waals surface area contributed by atoms with Crippen LogP contribution in [0.25, 0.3) is 16.1 Å². The molecule has 0 atom stereocenters. The number of hydrogen-bond acceptors (Lipinski definition) is 4. The smallest absolute Gasteiger partial charge is 0.137 e. The van der Waals surface area contributed by atoms with Crippen molar-refractivity contribution < 1.29 is 4.74 Å². The molecule has 140 valence electrons. The van der Waals surface area contributed by atoms with E-state index in [0.717, 1.165) is 36.3 Å². The Morgan fingerprint density at radius 2 is 2.11 bits per heavy atom. The molecule has 4 rings (SSSR count). The standard InChI is InChI=1S/C24H22N2OS/c1-16(2)27-22-12-11-18(13-19(22)14-25)24-26-15-23(28-24)21-9-5-3-4-7-17-8-6-10-20(17)21/h7,11-13,15-16H,4,6,8-10H2,1-2H3/b17-7-,21-20+. The number of nitriles is 1. The van der Waals surface area contributed by atoms with Crippen molar-refractivity contribution in [1.82, 2.24) is 4.98 Å². The maximum absolute atomic E-state index is 9.50. The SMILES string of the molecule is CC(C)Oc1ccc(-c2ncc(/C3=C4\CCC\C4=C\CC#CC3)s2)cc1C#N. The second kappa shape index (κ2) is 8.05. The van der Waals surface area contributed by atoms with Crippen LogP contribution in [-0.4, -0.2) is 11.1 Å². The van der Waals surface area contributed by atoms with Crippen molar-refractivity contribution >= 4 is 16.9 Å². The Labute approximate surface area is 170 Å². The predicted molar refractivity (Wildman–Crippen MR) is 114 cm³/mol. The molecule has 0 aliphatic heterocycles. The molecule has 0 bridgehead atoms. The number of nitrogens with zero attached hydrogens (tertiary/aromatic N) is 2. The topological polar surface area (TPSA) is 45.9 Å². The van der Waals surface area contributed by atoms with E-state index < -0.39 is 0 Å². The van der Waals surface area contributed by atoms with Gasteiger partial charge in [0.25, 0.3) is 0 Å². The first-order chi connectivity index (χ1) is 13.7. The fraction of sp³-hybridized carbons (Fsp3) is 0.333. The van der Waals surface area contributed by atoms with Crippen LogP contribution in [0.2, 0.25) is 0 Å². The Morgan fingerprint density at radius 1 is 1.21 bits per heavy atom. The minimum Gasteiger partial charge on any atom is -0.490 e. The molecular formula is C24H22N2OS. The fourth-order valence-corrected chi connectivity index (χ4v) is 4.71. The van der Waals surface area contributed by atoms with Gasteiger partial charge in [0.1, 0.15) is 16.8 Å². The van der Waals surface area contributed by atoms with E-state index in [1.165, 1.54) is 28.0 Å². The molecule has 1 aromatic heterocycles. The second-order valence-corrected chi connectivity index (χ2v) is 8.32. The number of allylic oxidation sites excluding steroid dienone is 4. The maximum Gasteiger partial charge on any atom is 0.137 e. The van der Waals surface area contributed by atoms with Crippen LogP contribution in [0.5, 0.6) is 5.75 Å². The molecule has 4 heteroatoms. The van der Waals surface area contributed by atoms with E-state index in [1.54, 1.807) is 11.3 Å². The van der Waals surface area contributed by atoms with Gasteiger partial charge in [-0.15, -0.1) is 11.3 Å². The van der Waals surface area contributed by atoms with Crippen LogP contribution >= 0.6 is 11.3 Å². The number of rotatable bonds is 4. The minimum atomic E-state index is 0.0342. The van der Waals surface area contributed by atoms with Crippen molar-refractivity contribution in [2.24, 2.45) is 0 Å². The molecule has 1 heterocycles. The highest BCUT2D eigenvalue weighted by Gasteiger charge is 2.21. The van der Waals surface area contributed by atoms with Gasteiger partial charge in [0, 0.05) is 24.6 Å². The summed E-state index contributed by atoms with van der Waals surface area (Å²) in [6.45, 7) is 3.92. The molecule has 0 N–H and O–H groups in total. The number of aromatic nitrogens is 1. The van der Waals surface area contributed by atoms with Crippen LogP contribution in [-0.2, 0) is 0 Å². The molecule has 0 unspecified atom stereocenters. The average molecular weight is 387 g/mol. The summed E-state index contributed by atoms with van der Waals surface area (Å²) in [5.41, 5.74) is 5.78. The number of fused-ring (bicyclic) bond motifs is 1. The first kappa shape index (κ1) is 18.5. The lowest BCUT2D eigenvalue weighted by Crippen LogP contribution is -2.06. The van der Waals surface area contributed by atoms with Gasteiger partial charge in [0.15, 0.2) is 0 Å². The molecule has 0 saturated heterocycles. The highest BCUT2D eigenvalue weighted by molar-refractivity contribution is 7.16. The predicted octanol–water partition coefficient (Wildman–Crippen LogP) is 6.13. The van der Waals surface area contributed by atoms with E-state index in [2.05, 4.69) is 29.0 Å². The third-order valence-electron chi connectivity index (χ3n) is 4.98. The molecule has 2 aliphatic carbocycles. The first-order valence-corrected chi connectivity index (χ1v) is 10.5. The number of thiazole rings is 1. The van der Waals surface area contributed by atoms with Gasteiger partial charge in [0.2, 0.25) is 0 Å². The van der Waals surface area contributed by atoms with Gasteiger partial charge >= 0.3 is 0 Å². The zero-order chi connectivity index (χ0) is 19.5. The van der Waals surface area contributed by atoms with Gasteiger partial charge < -0.3 is 4.74 Å². The molecule has 28 heavy (non-hydrogen) atoms. The van der Waals surface area contributed by atoms with E-state index in [-0.39, 0.29) is 6.10 Å². The molecule has 1 saturated carbocycles. The second-order valence-electron chi connectivity index (χ2n) is 7.29. The van der Waals surface area contributed by atoms with Crippen LogP contribution < -0.4 is 4.74 Å². The highest BCUT2D eigenvalue weighted by Crippen LogP contribution is 2.41. The van der Waals surface area contributed by atoms with Crippen molar-refractivity contribution in [2.75, 3.05) is 0 Å². The Morgan fingerprint density at radius 3 is 2.93 bits per heavy atom. The Bertz CT molecular complexity index is 1070. The molecule has 0 spiro atoms. The van der Waals surface area contributed by atoms with Crippen LogP contribution in [0.15, 0.2) is 41.6 Å². The van der Waals surface area contributed by atoms with E-state index >= 15 is 0 Å². The van der Waals surface area contributed by atoms with Gasteiger partial charge in [-0.05, 0) is 68.0 Å². The summed E-state index contributed by atoms with van der Waals surface area (Å²) in [4.78, 5) is 5.85. The molecule has 0 amide bonds. The minimum absolute atomic E-state index is 0.0342. The van der Waals surface area contributed by atoms with E-state index in [0.29, 0.717) is 11.3 Å². The van der Waals surface area contributed by atoms with Gasteiger partial charge in [-0.1, -0.05) is 17.9 Å². The monoisotopic (exact) mass is 386 g/mol. The van der Waals surface area contributed by atoms with Crippen molar-refractivity contribution in [3.05, 3.63) is 52.1 Å². The van der Waals surface area contributed by atoms with Crippen molar-refractivity contribution in [3.63, 3.8) is 0 Å². The van der Waals surface area contributed by atoms with Crippen LogP contribution in [0.3, 0.4) is 0 Å². The van der Waals surface area contributed by atoms with E-state index in [1.807, 2.05) is 38.2 Å². The van der Waals surface area contributed by atoms with Crippen molar-refractivity contribution in [3.8, 4) is 34.2 Å². The lowest BCUT2D eigenvalue weighted by Gasteiger charge is -2.11. The quantitative estimate of drug-likeness (QED) is 0.594. The Balaban J connectivity index is 1.69. The van der Waals surface area contributed by atoms with Crippen molar-refractivity contribution in [2.45, 2.75) is 52.1 Å². The van der Waals surface area contributed by atoms with Gasteiger partial charge in [-0.25, -0.2) is 4.98 Å². The largest absolute Gasteiger partial charge is 0.490 e. The zero-order valence-electron chi connectivity index (χ0n) is 16.2. The average Bonchev–Trinajstić information content (AvgIpc) is 3.32. The van der Waals surface area contributed by atoms with E-state index in [9.17, 15) is 5.26 Å². The summed E-state index contributed by atoms with van der Waals surface area (Å²) < 4.78 is 5.73. The van der Waals surface area contributed by atoms with E-state index in [4.69, 9.17) is 4.74 Å². The zero-order valence-corrected chi connectivity index (χ0v) is 17.0. The van der Waals surface area contributed by atoms with Crippen LogP contribution in [0.4, 0.5) is 0 Å².